The molecule has 1 atom stereocenters. The van der Waals surface area contributed by atoms with Gasteiger partial charge < -0.3 is 15.2 Å². The van der Waals surface area contributed by atoms with Crippen molar-refractivity contribution in [2.24, 2.45) is 5.92 Å². The summed E-state index contributed by atoms with van der Waals surface area (Å²) in [7, 11) is 0. The summed E-state index contributed by atoms with van der Waals surface area (Å²) in [5.74, 6) is 0.891. The molecule has 1 amide bonds. The highest BCUT2D eigenvalue weighted by molar-refractivity contribution is 5.75. The molecule has 0 radical (unpaired) electrons. The average Bonchev–Trinajstić information content (AvgIpc) is 3.22. The summed E-state index contributed by atoms with van der Waals surface area (Å²) >= 11 is 0. The van der Waals surface area contributed by atoms with Crippen molar-refractivity contribution < 1.29 is 4.79 Å². The van der Waals surface area contributed by atoms with E-state index in [1.54, 1.807) is 0 Å². The van der Waals surface area contributed by atoms with Gasteiger partial charge in [0.1, 0.15) is 6.54 Å². The number of carbonyl (C=O) groups is 1. The maximum atomic E-state index is 12.0. The first-order chi connectivity index (χ1) is 10.3. The molecular weight excluding hydrogens is 262 g/mol. The quantitative estimate of drug-likeness (QED) is 0.809. The lowest BCUT2D eigenvalue weighted by molar-refractivity contribution is -0.121. The molecule has 1 fully saturated rings. The third-order valence-corrected chi connectivity index (χ3v) is 4.56. The van der Waals surface area contributed by atoms with Gasteiger partial charge in [0.25, 0.3) is 0 Å². The van der Waals surface area contributed by atoms with E-state index in [1.807, 2.05) is 0 Å². The zero-order valence-electron chi connectivity index (χ0n) is 13.0. The Hall–Kier alpha value is -1.29. The summed E-state index contributed by atoms with van der Waals surface area (Å²) in [6.45, 7) is 4.59. The molecule has 4 heteroatoms. The molecule has 0 aliphatic heterocycles. The fourth-order valence-electron chi connectivity index (χ4n) is 3.17. The van der Waals surface area contributed by atoms with Crippen LogP contribution in [-0.4, -0.2) is 23.6 Å². The maximum absolute atomic E-state index is 12.0. The number of hydrogen-bond donors (Lipinski definition) is 2. The second kappa shape index (κ2) is 6.65. The summed E-state index contributed by atoms with van der Waals surface area (Å²) in [5.41, 5.74) is 2.83. The molecule has 2 N–H and O–H groups in total. The highest BCUT2D eigenvalue weighted by atomic mass is 16.1. The van der Waals surface area contributed by atoms with Crippen LogP contribution in [0.3, 0.4) is 0 Å². The van der Waals surface area contributed by atoms with Crippen LogP contribution in [0.15, 0.2) is 12.4 Å². The van der Waals surface area contributed by atoms with E-state index in [-0.39, 0.29) is 5.91 Å². The molecule has 2 aliphatic carbocycles. The van der Waals surface area contributed by atoms with Crippen molar-refractivity contribution in [3.05, 3.63) is 23.5 Å². The Morgan fingerprint density at radius 1 is 1.33 bits per heavy atom. The first-order valence-electron chi connectivity index (χ1n) is 8.45. The molecule has 1 aromatic heterocycles. The summed E-state index contributed by atoms with van der Waals surface area (Å²) in [6.07, 6.45) is 11.7. The largest absolute Gasteiger partial charge is 0.354 e. The van der Waals surface area contributed by atoms with Crippen molar-refractivity contribution in [2.75, 3.05) is 13.1 Å². The van der Waals surface area contributed by atoms with E-state index >= 15 is 0 Å². The van der Waals surface area contributed by atoms with E-state index < -0.39 is 0 Å². The van der Waals surface area contributed by atoms with Gasteiger partial charge in [-0.15, -0.1) is 0 Å². The lowest BCUT2D eigenvalue weighted by Gasteiger charge is -2.23. The number of aryl methyl sites for hydroxylation is 1. The van der Waals surface area contributed by atoms with Crippen LogP contribution < -0.4 is 10.6 Å². The Morgan fingerprint density at radius 2 is 2.19 bits per heavy atom. The van der Waals surface area contributed by atoms with Crippen molar-refractivity contribution >= 4 is 5.91 Å². The van der Waals surface area contributed by atoms with Gasteiger partial charge in [0.15, 0.2) is 0 Å². The lowest BCUT2D eigenvalue weighted by Crippen LogP contribution is -2.29. The molecule has 0 spiro atoms. The molecule has 3 rings (SSSR count). The van der Waals surface area contributed by atoms with Crippen LogP contribution in [0, 0.1) is 5.92 Å². The Kier molecular flexibility index (Phi) is 4.63. The van der Waals surface area contributed by atoms with Crippen LogP contribution >= 0.6 is 0 Å². The van der Waals surface area contributed by atoms with Crippen molar-refractivity contribution in [1.82, 2.24) is 15.2 Å². The second-order valence-electron chi connectivity index (χ2n) is 6.56. The number of aromatic nitrogens is 1. The molecule has 1 saturated carbocycles. The average molecular weight is 289 g/mol. The SMILES string of the molecule is CCCNC1CCCc2cn(CC(=O)NCC3CC3)cc21. The third-order valence-electron chi connectivity index (χ3n) is 4.56. The van der Waals surface area contributed by atoms with Gasteiger partial charge in [0.05, 0.1) is 0 Å². The minimum Gasteiger partial charge on any atom is -0.354 e. The normalized spacial score (nSPS) is 21.1. The van der Waals surface area contributed by atoms with Crippen LogP contribution in [0.4, 0.5) is 0 Å². The van der Waals surface area contributed by atoms with E-state index in [9.17, 15) is 4.79 Å². The van der Waals surface area contributed by atoms with Crippen LogP contribution in [0.2, 0.25) is 0 Å². The number of amides is 1. The van der Waals surface area contributed by atoms with Gasteiger partial charge in [-0.3, -0.25) is 4.79 Å². The second-order valence-corrected chi connectivity index (χ2v) is 6.56. The zero-order valence-corrected chi connectivity index (χ0v) is 13.0. The number of nitrogens with zero attached hydrogens (tertiary/aromatic N) is 1. The number of carbonyl (C=O) groups excluding carboxylic acids is 1. The molecular formula is C17H27N3O. The molecule has 2 aliphatic rings. The number of fused-ring (bicyclic) bond motifs is 1. The Bertz CT molecular complexity index is 490. The van der Waals surface area contributed by atoms with E-state index in [4.69, 9.17) is 0 Å². The van der Waals surface area contributed by atoms with Crippen molar-refractivity contribution in [2.45, 2.75) is 58.0 Å². The van der Waals surface area contributed by atoms with Crippen molar-refractivity contribution in [1.29, 1.82) is 0 Å². The minimum absolute atomic E-state index is 0.146. The van der Waals surface area contributed by atoms with Gasteiger partial charge in [-0.05, 0) is 62.1 Å². The van der Waals surface area contributed by atoms with Crippen LogP contribution in [0.1, 0.15) is 56.2 Å². The maximum Gasteiger partial charge on any atom is 0.239 e. The van der Waals surface area contributed by atoms with E-state index in [0.29, 0.717) is 12.6 Å². The topological polar surface area (TPSA) is 46.1 Å². The van der Waals surface area contributed by atoms with Gasteiger partial charge in [0, 0.05) is 25.0 Å². The number of rotatable bonds is 7. The van der Waals surface area contributed by atoms with Gasteiger partial charge in [-0.2, -0.15) is 0 Å². The Labute approximate surface area is 127 Å². The third kappa shape index (κ3) is 3.88. The standard InChI is InChI=1S/C17H27N3O/c1-2-8-18-16-5-3-4-14-10-20(11-15(14)16)12-17(21)19-9-13-6-7-13/h10-11,13,16,18H,2-9,12H2,1H3,(H,19,21). The summed E-state index contributed by atoms with van der Waals surface area (Å²) in [4.78, 5) is 12.0. The van der Waals surface area contributed by atoms with Gasteiger partial charge >= 0.3 is 0 Å². The fraction of sp³-hybridized carbons (Fsp3) is 0.706. The Morgan fingerprint density at radius 3 is 2.95 bits per heavy atom. The van der Waals surface area contributed by atoms with E-state index in [0.717, 1.165) is 31.8 Å². The first-order valence-corrected chi connectivity index (χ1v) is 8.45. The summed E-state index contributed by atoms with van der Waals surface area (Å²) in [5, 5.41) is 6.67. The molecule has 21 heavy (non-hydrogen) atoms. The molecule has 1 heterocycles. The monoisotopic (exact) mass is 289 g/mol. The van der Waals surface area contributed by atoms with Gasteiger partial charge in [0.2, 0.25) is 5.91 Å². The fourth-order valence-corrected chi connectivity index (χ4v) is 3.17. The smallest absolute Gasteiger partial charge is 0.239 e. The highest BCUT2D eigenvalue weighted by Crippen LogP contribution is 2.30. The Balaban J connectivity index is 1.59. The molecule has 0 bridgehead atoms. The number of hydrogen-bond acceptors (Lipinski definition) is 2. The highest BCUT2D eigenvalue weighted by Gasteiger charge is 2.23. The van der Waals surface area contributed by atoms with Crippen molar-refractivity contribution in [3.8, 4) is 0 Å². The summed E-state index contributed by atoms with van der Waals surface area (Å²) < 4.78 is 2.07. The van der Waals surface area contributed by atoms with E-state index in [1.165, 1.54) is 36.8 Å². The molecule has 1 aromatic rings. The van der Waals surface area contributed by atoms with Crippen LogP contribution in [0.5, 0.6) is 0 Å². The minimum atomic E-state index is 0.146. The van der Waals surface area contributed by atoms with E-state index in [2.05, 4.69) is 34.5 Å². The van der Waals surface area contributed by atoms with Gasteiger partial charge in [-0.1, -0.05) is 6.92 Å². The van der Waals surface area contributed by atoms with Gasteiger partial charge in [-0.25, -0.2) is 0 Å². The lowest BCUT2D eigenvalue weighted by atomic mass is 9.91. The first kappa shape index (κ1) is 14.6. The molecule has 4 nitrogen and oxygen atoms in total. The summed E-state index contributed by atoms with van der Waals surface area (Å²) in [6, 6.07) is 0.476. The zero-order chi connectivity index (χ0) is 14.7. The predicted octanol–water partition coefficient (Wildman–Crippen LogP) is 2.39. The molecule has 0 aromatic carbocycles. The molecule has 0 saturated heterocycles. The van der Waals surface area contributed by atoms with Crippen LogP contribution in [0.25, 0.3) is 0 Å². The number of nitrogens with one attached hydrogen (secondary N) is 2. The molecule has 1 unspecified atom stereocenters. The van der Waals surface area contributed by atoms with Crippen LogP contribution in [-0.2, 0) is 17.8 Å². The predicted molar refractivity (Wildman–Crippen MR) is 84.1 cm³/mol. The van der Waals surface area contributed by atoms with Crippen molar-refractivity contribution in [3.63, 3.8) is 0 Å². The molecule has 116 valence electrons.